The van der Waals surface area contributed by atoms with Crippen LogP contribution in [0, 0.1) is 0 Å². The molecule has 0 saturated heterocycles. The van der Waals surface area contributed by atoms with Crippen molar-refractivity contribution < 1.29 is 33.9 Å². The Hall–Kier alpha value is -0.310. The summed E-state index contributed by atoms with van der Waals surface area (Å²) in [5.74, 6) is 0. The molecule has 0 spiro atoms. The van der Waals surface area contributed by atoms with Crippen molar-refractivity contribution in [2.45, 2.75) is 194 Å². The number of nitrogens with zero attached hydrogens (tertiary/aromatic N) is 2. The fourth-order valence-corrected chi connectivity index (χ4v) is 5.82. The van der Waals surface area contributed by atoms with Crippen molar-refractivity contribution in [3.05, 3.63) is 30.6 Å². The Bertz CT molecular complexity index is 591. The summed E-state index contributed by atoms with van der Waals surface area (Å²) >= 11 is 0. The van der Waals surface area contributed by atoms with Crippen LogP contribution in [-0.4, -0.2) is 31.7 Å². The lowest BCUT2D eigenvalue weighted by molar-refractivity contribution is -0.890. The molecule has 0 fully saturated rings. The second-order valence-electron chi connectivity index (χ2n) is 13.6. The van der Waals surface area contributed by atoms with Gasteiger partial charge >= 0.3 is 0 Å². The molecule has 0 unspecified atom stereocenters. The van der Waals surface area contributed by atoms with E-state index in [0.717, 1.165) is 0 Å². The average Bonchev–Trinajstić information content (AvgIpc) is 2.98. The van der Waals surface area contributed by atoms with Crippen LogP contribution in [0.2, 0.25) is 0 Å². The highest BCUT2D eigenvalue weighted by molar-refractivity contribution is 4.83. The van der Waals surface area contributed by atoms with E-state index in [4.69, 9.17) is 0 Å². The van der Waals surface area contributed by atoms with E-state index in [9.17, 15) is 0 Å². The fraction of sp³-hybridized carbons (Fsp3) is 0.872. The summed E-state index contributed by atoms with van der Waals surface area (Å²) in [6.07, 6.45) is 41.5. The van der Waals surface area contributed by atoms with Crippen molar-refractivity contribution in [3.8, 4) is 0 Å². The number of hydrogen-bond donors (Lipinski definition) is 0. The molecule has 0 aliphatic heterocycles. The Balaban J connectivity index is -0.000000719. The van der Waals surface area contributed by atoms with E-state index < -0.39 is 0 Å². The number of quaternary nitrogens is 1. The third kappa shape index (κ3) is 37.8. The number of rotatable bonds is 29. The SMILES string of the molecule is CCCCCCCCCCCCCCCC[n+]1ccccc1.CCCCCCCC[N+](C)(C)CCCCCCCC.[Cl-].[Cl-]. The molecule has 258 valence electrons. The number of unbranched alkanes of at least 4 members (excludes halogenated alkanes) is 23. The number of hydrogen-bond acceptors (Lipinski definition) is 0. The first-order valence-electron chi connectivity index (χ1n) is 18.8. The van der Waals surface area contributed by atoms with Gasteiger partial charge in [-0.1, -0.05) is 155 Å². The topological polar surface area (TPSA) is 3.88 Å². The Labute approximate surface area is 285 Å². The van der Waals surface area contributed by atoms with Gasteiger partial charge in [0.25, 0.3) is 0 Å². The lowest BCUT2D eigenvalue weighted by Crippen LogP contribution is -3.00. The summed E-state index contributed by atoms with van der Waals surface area (Å²) in [6, 6.07) is 6.31. The van der Waals surface area contributed by atoms with Gasteiger partial charge in [-0.05, 0) is 32.1 Å². The van der Waals surface area contributed by atoms with Gasteiger partial charge in [0.15, 0.2) is 12.4 Å². The van der Waals surface area contributed by atoms with E-state index in [1.807, 2.05) is 0 Å². The van der Waals surface area contributed by atoms with Gasteiger partial charge < -0.3 is 29.3 Å². The molecule has 4 heteroatoms. The number of halogens is 2. The molecule has 0 radical (unpaired) electrons. The molecule has 0 N–H and O–H groups in total. The molecule has 1 heterocycles. The first-order chi connectivity index (χ1) is 20.1. The molecule has 0 amide bonds. The van der Waals surface area contributed by atoms with Gasteiger partial charge in [-0.2, -0.15) is 0 Å². The Morgan fingerprint density at radius 2 is 0.651 bits per heavy atom. The summed E-state index contributed by atoms with van der Waals surface area (Å²) < 4.78 is 3.53. The fourth-order valence-electron chi connectivity index (χ4n) is 5.82. The maximum atomic E-state index is 2.41. The third-order valence-electron chi connectivity index (χ3n) is 8.78. The lowest BCUT2D eigenvalue weighted by Gasteiger charge is -2.30. The van der Waals surface area contributed by atoms with E-state index in [1.54, 1.807) is 0 Å². The summed E-state index contributed by atoms with van der Waals surface area (Å²) in [5.41, 5.74) is 0. The largest absolute Gasteiger partial charge is 1.00 e. The lowest BCUT2D eigenvalue weighted by atomic mass is 10.0. The molecule has 1 rings (SSSR count). The van der Waals surface area contributed by atoms with Crippen molar-refractivity contribution >= 4 is 0 Å². The molecule has 0 atom stereocenters. The zero-order chi connectivity index (χ0) is 30.1. The first-order valence-corrected chi connectivity index (χ1v) is 18.8. The molecule has 0 bridgehead atoms. The Morgan fingerprint density at radius 1 is 0.372 bits per heavy atom. The minimum Gasteiger partial charge on any atom is -1.00 e. The van der Waals surface area contributed by atoms with Gasteiger partial charge in [-0.25, -0.2) is 4.57 Å². The quantitative estimate of drug-likeness (QED) is 0.0552. The summed E-state index contributed by atoms with van der Waals surface area (Å²) in [4.78, 5) is 0. The van der Waals surface area contributed by atoms with Crippen LogP contribution in [0.15, 0.2) is 30.6 Å². The third-order valence-corrected chi connectivity index (χ3v) is 8.78. The van der Waals surface area contributed by atoms with E-state index in [0.29, 0.717) is 0 Å². The van der Waals surface area contributed by atoms with Gasteiger partial charge in [-0.15, -0.1) is 0 Å². The van der Waals surface area contributed by atoms with Crippen LogP contribution in [0.5, 0.6) is 0 Å². The zero-order valence-electron chi connectivity index (χ0n) is 30.0. The molecule has 43 heavy (non-hydrogen) atoms. The van der Waals surface area contributed by atoms with Crippen LogP contribution in [0.3, 0.4) is 0 Å². The molecular formula is C39H78Cl2N2. The second kappa shape index (κ2) is 37.9. The van der Waals surface area contributed by atoms with Crippen molar-refractivity contribution in [1.29, 1.82) is 0 Å². The molecule has 0 saturated carbocycles. The van der Waals surface area contributed by atoms with Gasteiger partial charge in [0.1, 0.15) is 6.54 Å². The average molecular weight is 646 g/mol. The van der Waals surface area contributed by atoms with Gasteiger partial charge in [-0.3, -0.25) is 0 Å². The molecule has 1 aromatic heterocycles. The van der Waals surface area contributed by atoms with Crippen LogP contribution >= 0.6 is 0 Å². The van der Waals surface area contributed by atoms with Crippen LogP contribution in [-0.2, 0) is 6.54 Å². The highest BCUT2D eigenvalue weighted by Crippen LogP contribution is 2.13. The van der Waals surface area contributed by atoms with E-state index in [1.165, 1.54) is 191 Å². The van der Waals surface area contributed by atoms with E-state index in [2.05, 4.69) is 70.0 Å². The normalized spacial score (nSPS) is 10.9. The smallest absolute Gasteiger partial charge is 0.168 e. The van der Waals surface area contributed by atoms with Gasteiger partial charge in [0, 0.05) is 18.6 Å². The van der Waals surface area contributed by atoms with Crippen LogP contribution < -0.4 is 29.4 Å². The van der Waals surface area contributed by atoms with E-state index in [-0.39, 0.29) is 24.8 Å². The zero-order valence-corrected chi connectivity index (χ0v) is 31.6. The van der Waals surface area contributed by atoms with Crippen LogP contribution in [0.1, 0.15) is 188 Å². The van der Waals surface area contributed by atoms with Crippen molar-refractivity contribution in [3.63, 3.8) is 0 Å². The Morgan fingerprint density at radius 3 is 0.977 bits per heavy atom. The summed E-state index contributed by atoms with van der Waals surface area (Å²) in [5, 5.41) is 0. The second-order valence-corrected chi connectivity index (χ2v) is 13.6. The summed E-state index contributed by atoms with van der Waals surface area (Å²) in [7, 11) is 4.83. The number of aromatic nitrogens is 1. The number of aryl methyl sites for hydroxylation is 1. The molecule has 0 aliphatic rings. The molecular weight excluding hydrogens is 567 g/mol. The van der Waals surface area contributed by atoms with E-state index >= 15 is 0 Å². The van der Waals surface area contributed by atoms with Gasteiger partial charge in [0.2, 0.25) is 0 Å². The van der Waals surface area contributed by atoms with Crippen molar-refractivity contribution in [1.82, 2.24) is 0 Å². The number of pyridine rings is 1. The maximum absolute atomic E-state index is 2.41. The van der Waals surface area contributed by atoms with Crippen LogP contribution in [0.4, 0.5) is 0 Å². The maximum Gasteiger partial charge on any atom is 0.168 e. The predicted molar refractivity (Wildman–Crippen MR) is 186 cm³/mol. The predicted octanol–water partition coefficient (Wildman–Crippen LogP) is 6.25. The molecule has 1 aromatic rings. The van der Waals surface area contributed by atoms with Gasteiger partial charge in [0.05, 0.1) is 27.2 Å². The minimum absolute atomic E-state index is 0. The highest BCUT2D eigenvalue weighted by Gasteiger charge is 2.13. The standard InChI is InChI=1S/C21H38N.C18H40N.2ClH/c1-2-3-4-5-6-7-8-9-10-11-12-13-14-16-19-22-20-17-15-18-21-22;1-5-7-9-11-13-15-17-19(3,4)18-16-14-12-10-8-6-2;;/h15,17-18,20-21H,2-14,16,19H2,1H3;5-18H2,1-4H3;2*1H/q2*+1;;/p-2. The molecule has 0 aliphatic carbocycles. The van der Waals surface area contributed by atoms with Crippen molar-refractivity contribution in [2.24, 2.45) is 0 Å². The summed E-state index contributed by atoms with van der Waals surface area (Å²) in [6.45, 7) is 10.8. The minimum atomic E-state index is 0. The monoisotopic (exact) mass is 645 g/mol. The first kappa shape index (κ1) is 47.1. The molecule has 2 nitrogen and oxygen atoms in total. The van der Waals surface area contributed by atoms with Crippen LogP contribution in [0.25, 0.3) is 0 Å². The molecule has 0 aromatic carbocycles. The highest BCUT2D eigenvalue weighted by atomic mass is 35.5. The van der Waals surface area contributed by atoms with Crippen molar-refractivity contribution in [2.75, 3.05) is 27.2 Å². The Kier molecular flexibility index (Phi) is 41.5.